The van der Waals surface area contributed by atoms with Gasteiger partial charge in [0.2, 0.25) is 11.7 Å². The van der Waals surface area contributed by atoms with Crippen molar-refractivity contribution in [2.45, 2.75) is 38.6 Å². The lowest BCUT2D eigenvalue weighted by Crippen LogP contribution is -2.28. The van der Waals surface area contributed by atoms with E-state index in [1.807, 2.05) is 36.4 Å². The minimum atomic E-state index is 0.587. The van der Waals surface area contributed by atoms with E-state index in [4.69, 9.17) is 13.7 Å². The fraction of sp³-hybridized carbons (Fsp3) is 0.360. The van der Waals surface area contributed by atoms with Crippen LogP contribution in [0.3, 0.4) is 0 Å². The van der Waals surface area contributed by atoms with Crippen LogP contribution in [0.4, 0.5) is 0 Å². The lowest BCUT2D eigenvalue weighted by Gasteiger charge is -2.19. The zero-order valence-corrected chi connectivity index (χ0v) is 18.0. The van der Waals surface area contributed by atoms with Crippen molar-refractivity contribution < 1.29 is 13.7 Å². The maximum atomic E-state index is 6.06. The Labute approximate surface area is 181 Å². The first-order chi connectivity index (χ1) is 15.2. The molecule has 1 saturated heterocycles. The van der Waals surface area contributed by atoms with Gasteiger partial charge in [-0.2, -0.15) is 4.98 Å². The minimum Gasteiger partial charge on any atom is -0.497 e. The van der Waals surface area contributed by atoms with E-state index < -0.39 is 0 Å². The molecule has 6 heteroatoms. The highest BCUT2D eigenvalue weighted by Gasteiger charge is 2.20. The molecule has 5 rings (SSSR count). The van der Waals surface area contributed by atoms with Gasteiger partial charge in [0.1, 0.15) is 17.1 Å². The van der Waals surface area contributed by atoms with Crippen molar-refractivity contribution in [2.24, 2.45) is 0 Å². The van der Waals surface area contributed by atoms with Crippen LogP contribution in [0.5, 0.6) is 5.75 Å². The van der Waals surface area contributed by atoms with E-state index in [2.05, 4.69) is 34.1 Å². The summed E-state index contributed by atoms with van der Waals surface area (Å²) in [6.07, 6.45) is 4.12. The van der Waals surface area contributed by atoms with E-state index in [9.17, 15) is 0 Å². The Morgan fingerprint density at radius 1 is 1.13 bits per heavy atom. The summed E-state index contributed by atoms with van der Waals surface area (Å²) < 4.78 is 16.7. The standard InChI is InChI=1S/C25H27N3O3/c1-17-4-3-12-28(17)13-11-22-16-20-15-19(7-10-23(20)30-22)25-26-24(31-27-25)14-18-5-8-21(29-2)9-6-18/h5-10,15-17H,3-4,11-14H2,1-2H3/t17-/m1/s1. The summed E-state index contributed by atoms with van der Waals surface area (Å²) in [5, 5.41) is 5.25. The van der Waals surface area contributed by atoms with E-state index >= 15 is 0 Å². The highest BCUT2D eigenvalue weighted by molar-refractivity contribution is 5.82. The topological polar surface area (TPSA) is 64.5 Å². The molecule has 1 atom stereocenters. The molecule has 0 radical (unpaired) electrons. The van der Waals surface area contributed by atoms with Gasteiger partial charge in [-0.25, -0.2) is 0 Å². The van der Waals surface area contributed by atoms with E-state index in [-0.39, 0.29) is 0 Å². The number of hydrogen-bond donors (Lipinski definition) is 0. The number of nitrogens with zero attached hydrogens (tertiary/aromatic N) is 3. The average molecular weight is 418 g/mol. The van der Waals surface area contributed by atoms with Crippen molar-refractivity contribution >= 4 is 11.0 Å². The molecule has 0 N–H and O–H groups in total. The quantitative estimate of drug-likeness (QED) is 0.416. The fourth-order valence-electron chi connectivity index (χ4n) is 4.30. The predicted octanol–water partition coefficient (Wildman–Crippen LogP) is 5.11. The molecule has 31 heavy (non-hydrogen) atoms. The first kappa shape index (κ1) is 19.8. The molecule has 0 unspecified atom stereocenters. The summed E-state index contributed by atoms with van der Waals surface area (Å²) in [6, 6.07) is 16.7. The van der Waals surface area contributed by atoms with Gasteiger partial charge in [-0.3, -0.25) is 0 Å². The van der Waals surface area contributed by atoms with Crippen LogP contribution >= 0.6 is 0 Å². The number of fused-ring (bicyclic) bond motifs is 1. The van der Waals surface area contributed by atoms with Crippen molar-refractivity contribution in [2.75, 3.05) is 20.2 Å². The predicted molar refractivity (Wildman–Crippen MR) is 119 cm³/mol. The Morgan fingerprint density at radius 3 is 2.77 bits per heavy atom. The van der Waals surface area contributed by atoms with Gasteiger partial charge in [-0.05, 0) is 68.3 Å². The lowest BCUT2D eigenvalue weighted by atomic mass is 10.1. The summed E-state index contributed by atoms with van der Waals surface area (Å²) in [5.41, 5.74) is 2.92. The molecule has 160 valence electrons. The smallest absolute Gasteiger partial charge is 0.231 e. The molecular formula is C25H27N3O3. The number of furan rings is 1. The first-order valence-corrected chi connectivity index (χ1v) is 10.9. The molecule has 0 spiro atoms. The van der Waals surface area contributed by atoms with Crippen LogP contribution < -0.4 is 4.74 Å². The van der Waals surface area contributed by atoms with Crippen molar-refractivity contribution in [3.8, 4) is 17.1 Å². The van der Waals surface area contributed by atoms with E-state index in [1.54, 1.807) is 7.11 Å². The van der Waals surface area contributed by atoms with Gasteiger partial charge >= 0.3 is 0 Å². The Morgan fingerprint density at radius 2 is 2.00 bits per heavy atom. The van der Waals surface area contributed by atoms with E-state index in [0.717, 1.165) is 46.6 Å². The van der Waals surface area contributed by atoms with Gasteiger partial charge < -0.3 is 18.6 Å². The SMILES string of the molecule is COc1ccc(Cc2nc(-c3ccc4oc(CCN5CCC[C@H]5C)cc4c3)no2)cc1. The van der Waals surface area contributed by atoms with Crippen molar-refractivity contribution in [3.05, 3.63) is 65.7 Å². The third kappa shape index (κ3) is 4.35. The number of benzene rings is 2. The Balaban J connectivity index is 1.28. The van der Waals surface area contributed by atoms with Crippen LogP contribution in [0.15, 0.2) is 57.5 Å². The second kappa shape index (κ2) is 8.55. The van der Waals surface area contributed by atoms with Crippen LogP contribution in [0, 0.1) is 0 Å². The molecule has 0 aliphatic carbocycles. The second-order valence-electron chi connectivity index (χ2n) is 8.28. The van der Waals surface area contributed by atoms with Crippen molar-refractivity contribution in [1.82, 2.24) is 15.0 Å². The summed E-state index contributed by atoms with van der Waals surface area (Å²) in [7, 11) is 1.66. The van der Waals surface area contributed by atoms with Crippen molar-refractivity contribution in [3.63, 3.8) is 0 Å². The Hall–Kier alpha value is -3.12. The van der Waals surface area contributed by atoms with Crippen LogP contribution in [-0.4, -0.2) is 41.3 Å². The van der Waals surface area contributed by atoms with Crippen LogP contribution in [-0.2, 0) is 12.8 Å². The van der Waals surface area contributed by atoms with Gasteiger partial charge in [0, 0.05) is 30.0 Å². The highest BCUT2D eigenvalue weighted by atomic mass is 16.5. The average Bonchev–Trinajstić information content (AvgIpc) is 3.52. The zero-order valence-electron chi connectivity index (χ0n) is 18.0. The number of hydrogen-bond acceptors (Lipinski definition) is 6. The monoisotopic (exact) mass is 417 g/mol. The molecule has 6 nitrogen and oxygen atoms in total. The molecule has 3 heterocycles. The van der Waals surface area contributed by atoms with Crippen LogP contribution in [0.1, 0.15) is 37.0 Å². The molecule has 1 aliphatic heterocycles. The van der Waals surface area contributed by atoms with Gasteiger partial charge in [-0.15, -0.1) is 0 Å². The maximum absolute atomic E-state index is 6.06. The third-order valence-corrected chi connectivity index (χ3v) is 6.14. The fourth-order valence-corrected chi connectivity index (χ4v) is 4.30. The maximum Gasteiger partial charge on any atom is 0.231 e. The molecule has 4 aromatic rings. The molecule has 0 bridgehead atoms. The van der Waals surface area contributed by atoms with E-state index in [1.165, 1.54) is 19.4 Å². The molecule has 1 aliphatic rings. The number of ether oxygens (including phenoxy) is 1. The van der Waals surface area contributed by atoms with Gasteiger partial charge in [0.25, 0.3) is 0 Å². The number of aromatic nitrogens is 2. The zero-order chi connectivity index (χ0) is 21.2. The van der Waals surface area contributed by atoms with Gasteiger partial charge in [0.05, 0.1) is 13.5 Å². The molecule has 1 fully saturated rings. The minimum absolute atomic E-state index is 0.587. The normalized spacial score (nSPS) is 16.9. The summed E-state index contributed by atoms with van der Waals surface area (Å²) >= 11 is 0. The van der Waals surface area contributed by atoms with Crippen LogP contribution in [0.25, 0.3) is 22.4 Å². The molecule has 0 amide bonds. The van der Waals surface area contributed by atoms with E-state index in [0.29, 0.717) is 24.2 Å². The first-order valence-electron chi connectivity index (χ1n) is 10.9. The molecule has 0 saturated carbocycles. The summed E-state index contributed by atoms with van der Waals surface area (Å²) in [4.78, 5) is 7.13. The summed E-state index contributed by atoms with van der Waals surface area (Å²) in [6.45, 7) is 4.56. The lowest BCUT2D eigenvalue weighted by molar-refractivity contribution is 0.266. The van der Waals surface area contributed by atoms with Crippen molar-refractivity contribution in [1.29, 1.82) is 0 Å². The Bertz CT molecular complexity index is 1160. The number of rotatable bonds is 7. The van der Waals surface area contributed by atoms with Gasteiger partial charge in [0.15, 0.2) is 0 Å². The summed E-state index contributed by atoms with van der Waals surface area (Å²) in [5.74, 6) is 3.05. The largest absolute Gasteiger partial charge is 0.497 e. The third-order valence-electron chi connectivity index (χ3n) is 6.14. The molecule has 2 aromatic heterocycles. The number of methoxy groups -OCH3 is 1. The highest BCUT2D eigenvalue weighted by Crippen LogP contribution is 2.27. The van der Waals surface area contributed by atoms with Gasteiger partial charge in [-0.1, -0.05) is 17.3 Å². The number of likely N-dealkylation sites (tertiary alicyclic amines) is 1. The second-order valence-corrected chi connectivity index (χ2v) is 8.28. The molecule has 2 aromatic carbocycles. The Kier molecular flexibility index (Phi) is 5.47. The molecular weight excluding hydrogens is 390 g/mol. The van der Waals surface area contributed by atoms with Crippen LogP contribution in [0.2, 0.25) is 0 Å².